The molecule has 4 heteroatoms. The van der Waals surface area contributed by atoms with Crippen LogP contribution in [0, 0.1) is 0 Å². The summed E-state index contributed by atoms with van der Waals surface area (Å²) in [6.45, 7) is 2.06. The number of nitrogens with zero attached hydrogens (tertiary/aromatic N) is 2. The summed E-state index contributed by atoms with van der Waals surface area (Å²) in [4.78, 5) is 4.43. The topological polar surface area (TPSA) is 51.8 Å². The molecule has 0 aliphatic heterocycles. The van der Waals surface area contributed by atoms with E-state index in [1.54, 1.807) is 0 Å². The Bertz CT molecular complexity index is 267. The van der Waals surface area contributed by atoms with Crippen LogP contribution in [-0.4, -0.2) is 9.36 Å². The van der Waals surface area contributed by atoms with E-state index in [-0.39, 0.29) is 6.04 Å². The molecule has 1 aromatic heterocycles. The summed E-state index contributed by atoms with van der Waals surface area (Å²) < 4.78 is 4.25. The summed E-state index contributed by atoms with van der Waals surface area (Å²) in [5.41, 5.74) is 5.81. The van der Waals surface area contributed by atoms with Gasteiger partial charge in [-0.1, -0.05) is 6.92 Å². The van der Waals surface area contributed by atoms with Crippen molar-refractivity contribution >= 4 is 11.5 Å². The number of aromatic nitrogens is 2. The van der Waals surface area contributed by atoms with E-state index in [0.29, 0.717) is 5.92 Å². The Balaban J connectivity index is 2.12. The maximum atomic E-state index is 5.81. The molecule has 1 fully saturated rings. The Kier molecular flexibility index (Phi) is 2.11. The van der Waals surface area contributed by atoms with Crippen molar-refractivity contribution in [2.24, 2.45) is 5.73 Å². The molecular weight excluding hydrogens is 170 g/mol. The van der Waals surface area contributed by atoms with Crippen LogP contribution in [-0.2, 0) is 0 Å². The molecule has 1 saturated carbocycles. The van der Waals surface area contributed by atoms with E-state index in [2.05, 4.69) is 16.3 Å². The van der Waals surface area contributed by atoms with Crippen LogP contribution in [0.1, 0.15) is 49.0 Å². The number of hydrogen-bond donors (Lipinski definition) is 1. The van der Waals surface area contributed by atoms with E-state index < -0.39 is 0 Å². The molecule has 1 aliphatic carbocycles. The first-order chi connectivity index (χ1) is 5.81. The molecule has 1 unspecified atom stereocenters. The fraction of sp³-hybridized carbons (Fsp3) is 0.750. The monoisotopic (exact) mass is 183 g/mol. The minimum absolute atomic E-state index is 0.0359. The van der Waals surface area contributed by atoms with Crippen molar-refractivity contribution in [3.63, 3.8) is 0 Å². The van der Waals surface area contributed by atoms with Gasteiger partial charge in [-0.15, -0.1) is 0 Å². The summed E-state index contributed by atoms with van der Waals surface area (Å²) in [5, 5.41) is 1.19. The first kappa shape index (κ1) is 8.13. The Labute approximate surface area is 76.2 Å². The number of nitrogens with two attached hydrogens (primary N) is 1. The van der Waals surface area contributed by atoms with Gasteiger partial charge in [0, 0.05) is 5.92 Å². The summed E-state index contributed by atoms with van der Waals surface area (Å²) in [7, 11) is 0. The average molecular weight is 183 g/mol. The average Bonchev–Trinajstić information content (AvgIpc) is 2.83. The van der Waals surface area contributed by atoms with Gasteiger partial charge in [0.25, 0.3) is 0 Å². The Morgan fingerprint density at radius 2 is 2.42 bits per heavy atom. The molecule has 0 spiro atoms. The second-order valence-electron chi connectivity index (χ2n) is 3.28. The molecule has 66 valence electrons. The van der Waals surface area contributed by atoms with E-state index in [4.69, 9.17) is 5.73 Å². The van der Waals surface area contributed by atoms with Crippen LogP contribution in [0.25, 0.3) is 0 Å². The zero-order valence-electron chi connectivity index (χ0n) is 7.16. The molecule has 12 heavy (non-hydrogen) atoms. The fourth-order valence-corrected chi connectivity index (χ4v) is 1.96. The molecule has 0 radical (unpaired) electrons. The first-order valence-electron chi connectivity index (χ1n) is 4.40. The van der Waals surface area contributed by atoms with Gasteiger partial charge in [0.1, 0.15) is 5.01 Å². The highest BCUT2D eigenvalue weighted by Crippen LogP contribution is 2.40. The van der Waals surface area contributed by atoms with Gasteiger partial charge in [0.2, 0.25) is 0 Å². The highest BCUT2D eigenvalue weighted by Gasteiger charge is 2.27. The predicted octanol–water partition coefficient (Wildman–Crippen LogP) is 1.83. The molecule has 1 aromatic rings. The Morgan fingerprint density at radius 1 is 1.67 bits per heavy atom. The van der Waals surface area contributed by atoms with Gasteiger partial charge in [-0.05, 0) is 30.8 Å². The van der Waals surface area contributed by atoms with Crippen molar-refractivity contribution < 1.29 is 0 Å². The summed E-state index contributed by atoms with van der Waals surface area (Å²) in [5.74, 6) is 1.55. The van der Waals surface area contributed by atoms with Gasteiger partial charge >= 0.3 is 0 Å². The molecule has 0 saturated heterocycles. The highest BCUT2D eigenvalue weighted by atomic mass is 32.1. The first-order valence-corrected chi connectivity index (χ1v) is 5.17. The van der Waals surface area contributed by atoms with Crippen molar-refractivity contribution in [2.75, 3.05) is 0 Å². The van der Waals surface area contributed by atoms with E-state index in [1.807, 2.05) is 0 Å². The second-order valence-corrected chi connectivity index (χ2v) is 4.06. The molecular formula is C8H13N3S. The summed E-state index contributed by atoms with van der Waals surface area (Å²) in [6, 6.07) is 0.0359. The van der Waals surface area contributed by atoms with Gasteiger partial charge in [0.15, 0.2) is 5.82 Å². The van der Waals surface area contributed by atoms with Gasteiger partial charge in [-0.25, -0.2) is 4.98 Å². The third-order valence-corrected chi connectivity index (χ3v) is 3.05. The van der Waals surface area contributed by atoms with Crippen molar-refractivity contribution in [1.82, 2.24) is 9.36 Å². The summed E-state index contributed by atoms with van der Waals surface area (Å²) in [6.07, 6.45) is 3.49. The van der Waals surface area contributed by atoms with E-state index >= 15 is 0 Å². The van der Waals surface area contributed by atoms with Crippen molar-refractivity contribution in [3.05, 3.63) is 10.8 Å². The minimum Gasteiger partial charge on any atom is -0.321 e. The lowest BCUT2D eigenvalue weighted by molar-refractivity contribution is 0.658. The Morgan fingerprint density at radius 3 is 3.00 bits per heavy atom. The van der Waals surface area contributed by atoms with Crippen LogP contribution in [0.4, 0.5) is 0 Å². The van der Waals surface area contributed by atoms with Gasteiger partial charge in [-0.3, -0.25) is 0 Å². The standard InChI is InChI=1S/C8H13N3S/c1-2-6(9)7-10-8(12-11-7)5-3-4-5/h5-6H,2-4,9H2,1H3. The van der Waals surface area contributed by atoms with E-state index in [0.717, 1.165) is 12.2 Å². The number of rotatable bonds is 3. The molecule has 2 rings (SSSR count). The predicted molar refractivity (Wildman–Crippen MR) is 49.1 cm³/mol. The molecule has 0 aromatic carbocycles. The van der Waals surface area contributed by atoms with Crippen LogP contribution in [0.2, 0.25) is 0 Å². The van der Waals surface area contributed by atoms with E-state index in [9.17, 15) is 0 Å². The second kappa shape index (κ2) is 3.11. The molecule has 1 atom stereocenters. The number of hydrogen-bond acceptors (Lipinski definition) is 4. The molecule has 3 nitrogen and oxygen atoms in total. The van der Waals surface area contributed by atoms with Crippen LogP contribution in [0.15, 0.2) is 0 Å². The maximum absolute atomic E-state index is 5.81. The van der Waals surface area contributed by atoms with Crippen LogP contribution >= 0.6 is 11.5 Å². The normalized spacial score (nSPS) is 19.5. The van der Waals surface area contributed by atoms with Crippen molar-refractivity contribution in [2.45, 2.75) is 38.1 Å². The van der Waals surface area contributed by atoms with Gasteiger partial charge in [-0.2, -0.15) is 4.37 Å². The zero-order chi connectivity index (χ0) is 8.55. The Hall–Kier alpha value is -0.480. The third-order valence-electron chi connectivity index (χ3n) is 2.16. The quantitative estimate of drug-likeness (QED) is 0.777. The SMILES string of the molecule is CCC(N)c1nsc(C2CC2)n1. The minimum atomic E-state index is 0.0359. The van der Waals surface area contributed by atoms with Crippen molar-refractivity contribution in [1.29, 1.82) is 0 Å². The lowest BCUT2D eigenvalue weighted by Gasteiger charge is -2.00. The lowest BCUT2D eigenvalue weighted by atomic mass is 10.2. The van der Waals surface area contributed by atoms with E-state index in [1.165, 1.54) is 29.4 Å². The van der Waals surface area contributed by atoms with Gasteiger partial charge < -0.3 is 5.73 Å². The fourth-order valence-electron chi connectivity index (χ4n) is 1.08. The van der Waals surface area contributed by atoms with Crippen LogP contribution < -0.4 is 5.73 Å². The lowest BCUT2D eigenvalue weighted by Crippen LogP contribution is -2.10. The van der Waals surface area contributed by atoms with Gasteiger partial charge in [0.05, 0.1) is 6.04 Å². The van der Waals surface area contributed by atoms with Crippen LogP contribution in [0.5, 0.6) is 0 Å². The molecule has 1 heterocycles. The molecule has 0 bridgehead atoms. The molecule has 1 aliphatic rings. The third kappa shape index (κ3) is 1.49. The van der Waals surface area contributed by atoms with Crippen LogP contribution in [0.3, 0.4) is 0 Å². The zero-order valence-corrected chi connectivity index (χ0v) is 7.97. The molecule has 0 amide bonds. The largest absolute Gasteiger partial charge is 0.321 e. The smallest absolute Gasteiger partial charge is 0.159 e. The highest BCUT2D eigenvalue weighted by molar-refractivity contribution is 7.05. The molecule has 2 N–H and O–H groups in total. The summed E-state index contributed by atoms with van der Waals surface area (Å²) >= 11 is 1.52. The maximum Gasteiger partial charge on any atom is 0.159 e. The van der Waals surface area contributed by atoms with Crippen molar-refractivity contribution in [3.8, 4) is 0 Å².